The van der Waals surface area contributed by atoms with E-state index in [1.54, 1.807) is 12.1 Å². The van der Waals surface area contributed by atoms with Crippen molar-refractivity contribution in [2.45, 2.75) is 0 Å². The van der Waals surface area contributed by atoms with Crippen LogP contribution in [0, 0.1) is 0 Å². The van der Waals surface area contributed by atoms with Crippen molar-refractivity contribution in [3.8, 4) is 11.6 Å². The molecule has 0 amide bonds. The van der Waals surface area contributed by atoms with Crippen LogP contribution in [0.4, 0.5) is 0 Å². The van der Waals surface area contributed by atoms with Crippen molar-refractivity contribution in [1.29, 1.82) is 0 Å². The van der Waals surface area contributed by atoms with Gasteiger partial charge < -0.3 is 9.15 Å². The summed E-state index contributed by atoms with van der Waals surface area (Å²) in [5.41, 5.74) is -0.310. The third kappa shape index (κ3) is 2.07. The Bertz CT molecular complexity index is 881. The summed E-state index contributed by atoms with van der Waals surface area (Å²) in [5.74, 6) is 0.143. The average Bonchev–Trinajstić information content (AvgIpc) is 2.46. The second-order valence-electron chi connectivity index (χ2n) is 4.17. The molecule has 0 saturated carbocycles. The Kier molecular flexibility index (Phi) is 2.83. The molecule has 0 atom stereocenters. The summed E-state index contributed by atoms with van der Waals surface area (Å²) in [5, 5.41) is 0.244. The number of para-hydroxylation sites is 1. The first kappa shape index (κ1) is 12.2. The zero-order chi connectivity index (χ0) is 14.1. The number of ether oxygens (including phenoxy) is 1. The highest BCUT2D eigenvalue weighted by molar-refractivity contribution is 5.77. The van der Waals surface area contributed by atoms with Crippen molar-refractivity contribution in [3.63, 3.8) is 0 Å². The number of aromatic nitrogens is 2. The van der Waals surface area contributed by atoms with Gasteiger partial charge >= 0.3 is 11.4 Å². The lowest BCUT2D eigenvalue weighted by atomic mass is 10.3. The summed E-state index contributed by atoms with van der Waals surface area (Å²) in [4.78, 5) is 27.1. The van der Waals surface area contributed by atoms with E-state index in [1.165, 1.54) is 23.9 Å². The average molecular weight is 270 g/mol. The smallest absolute Gasteiger partial charge is 0.422 e. The lowest BCUT2D eigenvalue weighted by Gasteiger charge is -2.06. The Hall–Kier alpha value is -2.89. The predicted molar refractivity (Wildman–Crippen MR) is 72.0 cm³/mol. The van der Waals surface area contributed by atoms with Crippen LogP contribution in [-0.4, -0.2) is 9.55 Å². The maximum atomic E-state index is 11.7. The van der Waals surface area contributed by atoms with E-state index in [0.29, 0.717) is 11.3 Å². The van der Waals surface area contributed by atoms with Crippen LogP contribution in [0.5, 0.6) is 11.6 Å². The number of rotatable bonds is 2. The molecule has 2 aromatic heterocycles. The van der Waals surface area contributed by atoms with Crippen molar-refractivity contribution in [3.05, 3.63) is 63.6 Å². The summed E-state index contributed by atoms with van der Waals surface area (Å²) in [6.07, 6.45) is 1.41. The Morgan fingerprint density at radius 2 is 1.95 bits per heavy atom. The predicted octanol–water partition coefficient (Wildman–Crippen LogP) is 1.68. The molecule has 0 aliphatic rings. The minimum Gasteiger partial charge on any atom is -0.439 e. The van der Waals surface area contributed by atoms with Crippen molar-refractivity contribution in [1.82, 2.24) is 9.55 Å². The number of aryl methyl sites for hydroxylation is 1. The van der Waals surface area contributed by atoms with Gasteiger partial charge in [0.1, 0.15) is 5.75 Å². The van der Waals surface area contributed by atoms with Gasteiger partial charge in [0.05, 0.1) is 17.1 Å². The van der Waals surface area contributed by atoms with Crippen LogP contribution in [0.25, 0.3) is 10.9 Å². The maximum absolute atomic E-state index is 11.7. The number of nitrogens with zero attached hydrogens (tertiary/aromatic N) is 2. The summed E-state index contributed by atoms with van der Waals surface area (Å²) in [7, 11) is 1.51. The fraction of sp³-hybridized carbons (Fsp3) is 0.0714. The van der Waals surface area contributed by atoms with Crippen LogP contribution in [0.2, 0.25) is 0 Å². The second-order valence-corrected chi connectivity index (χ2v) is 4.17. The minimum absolute atomic E-state index is 0.244. The highest BCUT2D eigenvalue weighted by Crippen LogP contribution is 2.20. The number of benzene rings is 1. The summed E-state index contributed by atoms with van der Waals surface area (Å²) in [6, 6.07) is 10.5. The van der Waals surface area contributed by atoms with E-state index in [-0.39, 0.29) is 11.3 Å². The zero-order valence-corrected chi connectivity index (χ0v) is 10.6. The molecule has 2 heterocycles. The molecule has 0 saturated heterocycles. The van der Waals surface area contributed by atoms with Gasteiger partial charge in [0.25, 0.3) is 0 Å². The molecule has 3 aromatic rings. The van der Waals surface area contributed by atoms with E-state index in [1.807, 2.05) is 18.2 Å². The van der Waals surface area contributed by atoms with Crippen LogP contribution in [0.1, 0.15) is 0 Å². The lowest BCUT2D eigenvalue weighted by Crippen LogP contribution is -2.22. The van der Waals surface area contributed by atoms with Crippen LogP contribution in [0.3, 0.4) is 0 Å². The summed E-state index contributed by atoms with van der Waals surface area (Å²) in [6.45, 7) is 0. The fourth-order valence-electron chi connectivity index (χ4n) is 1.83. The number of fused-ring (bicyclic) bond motifs is 1. The Balaban J connectivity index is 2.12. The normalized spacial score (nSPS) is 10.7. The van der Waals surface area contributed by atoms with Crippen LogP contribution in [0.15, 0.2) is 56.6 Å². The van der Waals surface area contributed by atoms with Gasteiger partial charge in [0.15, 0.2) is 0 Å². The molecule has 3 rings (SSSR count). The second kappa shape index (κ2) is 4.65. The summed E-state index contributed by atoms with van der Waals surface area (Å²) < 4.78 is 11.3. The van der Waals surface area contributed by atoms with E-state index in [0.717, 1.165) is 0 Å². The first-order valence-corrected chi connectivity index (χ1v) is 5.88. The van der Waals surface area contributed by atoms with Gasteiger partial charge in [-0.1, -0.05) is 18.2 Å². The highest BCUT2D eigenvalue weighted by atomic mass is 16.5. The van der Waals surface area contributed by atoms with Gasteiger partial charge in [-0.2, -0.15) is 0 Å². The third-order valence-corrected chi connectivity index (χ3v) is 2.86. The van der Waals surface area contributed by atoms with Gasteiger partial charge in [-0.25, -0.2) is 14.6 Å². The standard InChI is InChI=1S/C14H10N2O4/c1-16-11-8-15-12(19-9-5-3-2-4-6-9)7-10(11)13(17)20-14(16)18/h2-8H,1H3. The Morgan fingerprint density at radius 3 is 2.70 bits per heavy atom. The molecule has 6 nitrogen and oxygen atoms in total. The molecule has 0 bridgehead atoms. The SMILES string of the molecule is Cn1c(=O)oc(=O)c2cc(Oc3ccccc3)ncc21. The molecule has 1 aromatic carbocycles. The zero-order valence-electron chi connectivity index (χ0n) is 10.6. The monoisotopic (exact) mass is 270 g/mol. The number of hydrogen-bond acceptors (Lipinski definition) is 5. The van der Waals surface area contributed by atoms with Crippen molar-refractivity contribution < 1.29 is 9.15 Å². The minimum atomic E-state index is -0.721. The van der Waals surface area contributed by atoms with Crippen LogP contribution >= 0.6 is 0 Å². The van der Waals surface area contributed by atoms with Crippen LogP contribution in [-0.2, 0) is 7.05 Å². The summed E-state index contributed by atoms with van der Waals surface area (Å²) >= 11 is 0. The van der Waals surface area contributed by atoms with Gasteiger partial charge in [0.2, 0.25) is 5.88 Å². The topological polar surface area (TPSA) is 74.3 Å². The molecule has 0 aliphatic heterocycles. The van der Waals surface area contributed by atoms with E-state index >= 15 is 0 Å². The highest BCUT2D eigenvalue weighted by Gasteiger charge is 2.09. The molecule has 20 heavy (non-hydrogen) atoms. The Morgan fingerprint density at radius 1 is 1.20 bits per heavy atom. The molecule has 0 N–H and O–H groups in total. The van der Waals surface area contributed by atoms with Gasteiger partial charge in [-0.3, -0.25) is 4.57 Å². The van der Waals surface area contributed by atoms with E-state index in [4.69, 9.17) is 4.74 Å². The van der Waals surface area contributed by atoms with Gasteiger partial charge in [0, 0.05) is 13.1 Å². The number of pyridine rings is 1. The van der Waals surface area contributed by atoms with Gasteiger partial charge in [-0.15, -0.1) is 0 Å². The largest absolute Gasteiger partial charge is 0.439 e. The number of hydrogen-bond donors (Lipinski definition) is 0. The van der Waals surface area contributed by atoms with Crippen molar-refractivity contribution >= 4 is 10.9 Å². The van der Waals surface area contributed by atoms with Gasteiger partial charge in [-0.05, 0) is 12.1 Å². The molecular formula is C14H10N2O4. The fourth-order valence-corrected chi connectivity index (χ4v) is 1.83. The molecule has 0 radical (unpaired) electrons. The van der Waals surface area contributed by atoms with E-state index in [2.05, 4.69) is 9.40 Å². The van der Waals surface area contributed by atoms with Crippen molar-refractivity contribution in [2.75, 3.05) is 0 Å². The molecule has 0 unspecified atom stereocenters. The molecule has 0 aliphatic carbocycles. The first-order chi connectivity index (χ1) is 9.65. The molecule has 6 heteroatoms. The maximum Gasteiger partial charge on any atom is 0.422 e. The quantitative estimate of drug-likeness (QED) is 0.708. The molecule has 0 fully saturated rings. The van der Waals surface area contributed by atoms with Crippen molar-refractivity contribution in [2.24, 2.45) is 7.05 Å². The first-order valence-electron chi connectivity index (χ1n) is 5.88. The lowest BCUT2D eigenvalue weighted by molar-refractivity contribution is 0.430. The van der Waals surface area contributed by atoms with E-state index in [9.17, 15) is 9.59 Å². The third-order valence-electron chi connectivity index (χ3n) is 2.86. The van der Waals surface area contributed by atoms with E-state index < -0.39 is 11.4 Å². The molecule has 0 spiro atoms. The van der Waals surface area contributed by atoms with Crippen LogP contribution < -0.4 is 16.1 Å². The molecule has 100 valence electrons. The molecular weight excluding hydrogens is 260 g/mol. The Labute approximate surface area is 112 Å².